The normalized spacial score (nSPS) is 15.7. The number of pyridine rings is 1. The molecule has 0 spiro atoms. The Labute approximate surface area is 109 Å². The van der Waals surface area contributed by atoms with E-state index in [1.165, 1.54) is 6.26 Å². The van der Waals surface area contributed by atoms with Crippen molar-refractivity contribution in [1.82, 2.24) is 4.98 Å². The molecular weight excluding hydrogens is 244 g/mol. The van der Waals surface area contributed by atoms with Crippen molar-refractivity contribution in [2.45, 2.75) is 13.8 Å². The molecule has 2 aromatic heterocycles. The van der Waals surface area contributed by atoms with Crippen LogP contribution in [0.3, 0.4) is 0 Å². The summed E-state index contributed by atoms with van der Waals surface area (Å²) >= 11 is 0. The second kappa shape index (κ2) is 3.98. The van der Waals surface area contributed by atoms with Gasteiger partial charge in [0.25, 0.3) is 5.91 Å². The van der Waals surface area contributed by atoms with E-state index in [2.05, 4.69) is 10.3 Å². The van der Waals surface area contributed by atoms with Gasteiger partial charge in [-0.1, -0.05) is 0 Å². The maximum atomic E-state index is 12.0. The van der Waals surface area contributed by atoms with Crippen molar-refractivity contribution in [2.75, 3.05) is 5.32 Å². The second-order valence-electron chi connectivity index (χ2n) is 4.42. The number of amides is 1. The Kier molecular flexibility index (Phi) is 2.41. The maximum Gasteiger partial charge on any atom is 0.257 e. The van der Waals surface area contributed by atoms with Crippen molar-refractivity contribution in [1.29, 1.82) is 0 Å². The molecule has 1 aliphatic rings. The van der Waals surface area contributed by atoms with E-state index in [4.69, 9.17) is 4.42 Å². The summed E-state index contributed by atoms with van der Waals surface area (Å²) in [4.78, 5) is 16.2. The van der Waals surface area contributed by atoms with Crippen molar-refractivity contribution < 1.29 is 14.3 Å². The Morgan fingerprint density at radius 3 is 2.89 bits per heavy atom. The third kappa shape index (κ3) is 1.71. The molecule has 19 heavy (non-hydrogen) atoms. The summed E-state index contributed by atoms with van der Waals surface area (Å²) in [7, 11) is 0. The summed E-state index contributed by atoms with van der Waals surface area (Å²) in [5, 5.41) is 12.6. The standard InChI is InChI=1S/C14H12N2O3/c1-7-11-10(6-9-4-3-5-19-9)14(18)16-13(11)15-8(2)12(7)17/h3-6,17H,1-2H3,(H,15,16,18)/b10-6-. The van der Waals surface area contributed by atoms with Gasteiger partial charge in [-0.05, 0) is 32.1 Å². The van der Waals surface area contributed by atoms with Gasteiger partial charge in [0.05, 0.1) is 17.5 Å². The van der Waals surface area contributed by atoms with E-state index < -0.39 is 0 Å². The highest BCUT2D eigenvalue weighted by atomic mass is 16.3. The van der Waals surface area contributed by atoms with Gasteiger partial charge in [0.1, 0.15) is 17.3 Å². The number of fused-ring (bicyclic) bond motifs is 1. The first-order valence-electron chi connectivity index (χ1n) is 5.85. The molecule has 0 fully saturated rings. The molecule has 1 aliphatic heterocycles. The Balaban J connectivity index is 2.22. The maximum absolute atomic E-state index is 12.0. The fourth-order valence-corrected chi connectivity index (χ4v) is 2.21. The largest absolute Gasteiger partial charge is 0.506 e. The number of carbonyl (C=O) groups excluding carboxylic acids is 1. The molecule has 0 radical (unpaired) electrons. The second-order valence-corrected chi connectivity index (χ2v) is 4.42. The number of carbonyl (C=O) groups is 1. The zero-order valence-electron chi connectivity index (χ0n) is 10.5. The predicted octanol–water partition coefficient (Wildman–Crippen LogP) is 2.49. The van der Waals surface area contributed by atoms with Crippen LogP contribution < -0.4 is 5.32 Å². The summed E-state index contributed by atoms with van der Waals surface area (Å²) in [6.07, 6.45) is 3.18. The first-order chi connectivity index (χ1) is 9.08. The van der Waals surface area contributed by atoms with Crippen molar-refractivity contribution in [2.24, 2.45) is 0 Å². The molecule has 0 atom stereocenters. The quantitative estimate of drug-likeness (QED) is 0.768. The number of aryl methyl sites for hydroxylation is 1. The third-order valence-electron chi connectivity index (χ3n) is 3.16. The van der Waals surface area contributed by atoms with Gasteiger partial charge < -0.3 is 14.8 Å². The number of aromatic nitrogens is 1. The molecule has 2 aromatic rings. The molecule has 0 saturated carbocycles. The summed E-state index contributed by atoms with van der Waals surface area (Å²) < 4.78 is 5.21. The van der Waals surface area contributed by atoms with Crippen LogP contribution >= 0.6 is 0 Å². The van der Waals surface area contributed by atoms with Crippen molar-refractivity contribution in [3.63, 3.8) is 0 Å². The number of furan rings is 1. The van der Waals surface area contributed by atoms with Gasteiger partial charge in [-0.3, -0.25) is 4.79 Å². The van der Waals surface area contributed by atoms with E-state index in [0.717, 1.165) is 0 Å². The van der Waals surface area contributed by atoms with Gasteiger partial charge in [-0.15, -0.1) is 0 Å². The summed E-state index contributed by atoms with van der Waals surface area (Å²) in [6, 6.07) is 3.51. The zero-order chi connectivity index (χ0) is 13.6. The van der Waals surface area contributed by atoms with E-state index in [0.29, 0.717) is 34.0 Å². The van der Waals surface area contributed by atoms with Gasteiger partial charge >= 0.3 is 0 Å². The molecular formula is C14H12N2O3. The third-order valence-corrected chi connectivity index (χ3v) is 3.16. The van der Waals surface area contributed by atoms with Gasteiger partial charge in [0.2, 0.25) is 0 Å². The topological polar surface area (TPSA) is 75.4 Å². The fourth-order valence-electron chi connectivity index (χ4n) is 2.21. The Hall–Kier alpha value is -2.56. The Morgan fingerprint density at radius 2 is 2.21 bits per heavy atom. The highest BCUT2D eigenvalue weighted by Gasteiger charge is 2.29. The van der Waals surface area contributed by atoms with Gasteiger partial charge in [-0.2, -0.15) is 0 Å². The van der Waals surface area contributed by atoms with Crippen LogP contribution in [-0.2, 0) is 4.79 Å². The molecule has 3 heterocycles. The Morgan fingerprint density at radius 1 is 1.42 bits per heavy atom. The van der Waals surface area contributed by atoms with Crippen molar-refractivity contribution in [3.8, 4) is 5.75 Å². The van der Waals surface area contributed by atoms with Crippen LogP contribution in [0.25, 0.3) is 11.6 Å². The highest BCUT2D eigenvalue weighted by molar-refractivity contribution is 6.34. The fraction of sp³-hybridized carbons (Fsp3) is 0.143. The summed E-state index contributed by atoms with van der Waals surface area (Å²) in [5.41, 5.74) is 2.21. The van der Waals surface area contributed by atoms with E-state index >= 15 is 0 Å². The number of aromatic hydroxyl groups is 1. The van der Waals surface area contributed by atoms with Crippen LogP contribution in [0.4, 0.5) is 5.82 Å². The minimum absolute atomic E-state index is 0.112. The summed E-state index contributed by atoms with van der Waals surface area (Å²) in [6.45, 7) is 3.46. The molecule has 5 heteroatoms. The smallest absolute Gasteiger partial charge is 0.257 e. The van der Waals surface area contributed by atoms with Crippen molar-refractivity contribution in [3.05, 3.63) is 41.0 Å². The highest BCUT2D eigenvalue weighted by Crippen LogP contribution is 2.38. The molecule has 5 nitrogen and oxygen atoms in total. The van der Waals surface area contributed by atoms with Crippen molar-refractivity contribution >= 4 is 23.4 Å². The molecule has 2 N–H and O–H groups in total. The number of anilines is 1. The number of hydrogen-bond donors (Lipinski definition) is 2. The average molecular weight is 256 g/mol. The molecule has 0 saturated heterocycles. The predicted molar refractivity (Wildman–Crippen MR) is 70.6 cm³/mol. The lowest BCUT2D eigenvalue weighted by Gasteiger charge is -2.07. The van der Waals surface area contributed by atoms with Gasteiger partial charge in [0, 0.05) is 11.1 Å². The first kappa shape index (κ1) is 11.5. The Bertz CT molecular complexity index is 700. The van der Waals surface area contributed by atoms with Crippen LogP contribution in [0.5, 0.6) is 5.75 Å². The van der Waals surface area contributed by atoms with Crippen LogP contribution in [-0.4, -0.2) is 16.0 Å². The zero-order valence-corrected chi connectivity index (χ0v) is 10.5. The summed E-state index contributed by atoms with van der Waals surface area (Å²) in [5.74, 6) is 0.931. The SMILES string of the molecule is Cc1nc2c(c(C)c1O)/C(=C/c1ccco1)C(=O)N2. The molecule has 0 bridgehead atoms. The minimum Gasteiger partial charge on any atom is -0.506 e. The molecule has 1 amide bonds. The number of hydrogen-bond acceptors (Lipinski definition) is 4. The monoisotopic (exact) mass is 256 g/mol. The number of nitrogens with zero attached hydrogens (tertiary/aromatic N) is 1. The van der Waals surface area contributed by atoms with Crippen LogP contribution in [0.15, 0.2) is 22.8 Å². The lowest BCUT2D eigenvalue weighted by Crippen LogP contribution is -2.04. The van der Waals surface area contributed by atoms with E-state index in [1.54, 1.807) is 32.1 Å². The molecule has 0 aliphatic carbocycles. The van der Waals surface area contributed by atoms with Crippen LogP contribution in [0.1, 0.15) is 22.6 Å². The molecule has 96 valence electrons. The number of rotatable bonds is 1. The van der Waals surface area contributed by atoms with E-state index in [-0.39, 0.29) is 11.7 Å². The van der Waals surface area contributed by atoms with Gasteiger partial charge in [-0.25, -0.2) is 4.98 Å². The lowest BCUT2D eigenvalue weighted by atomic mass is 10.0. The minimum atomic E-state index is -0.244. The average Bonchev–Trinajstić information content (AvgIpc) is 2.97. The van der Waals surface area contributed by atoms with E-state index in [9.17, 15) is 9.90 Å². The van der Waals surface area contributed by atoms with Crippen LogP contribution in [0, 0.1) is 13.8 Å². The number of nitrogens with one attached hydrogen (secondary N) is 1. The van der Waals surface area contributed by atoms with E-state index in [1.807, 2.05) is 0 Å². The lowest BCUT2D eigenvalue weighted by molar-refractivity contribution is -0.110. The molecule has 0 unspecified atom stereocenters. The van der Waals surface area contributed by atoms with Crippen LogP contribution in [0.2, 0.25) is 0 Å². The first-order valence-corrected chi connectivity index (χ1v) is 5.85. The van der Waals surface area contributed by atoms with Gasteiger partial charge in [0.15, 0.2) is 0 Å². The molecule has 3 rings (SSSR count). The molecule has 0 aromatic carbocycles.